The van der Waals surface area contributed by atoms with E-state index in [-0.39, 0.29) is 5.91 Å². The van der Waals surface area contributed by atoms with Crippen LogP contribution in [0.2, 0.25) is 0 Å². The maximum atomic E-state index is 12.3. The van der Waals surface area contributed by atoms with Crippen LogP contribution in [-0.2, 0) is 4.74 Å². The van der Waals surface area contributed by atoms with Crippen molar-refractivity contribution in [3.8, 4) is 11.3 Å². The summed E-state index contributed by atoms with van der Waals surface area (Å²) in [5.74, 6) is 0.364. The number of aromatic nitrogens is 1. The predicted molar refractivity (Wildman–Crippen MR) is 101 cm³/mol. The SMILES string of the molecule is COC(=O)c1ccc(-c2cccc(C(=O)NCCSC(C)C)c2)nc1. The Morgan fingerprint density at radius 1 is 1.20 bits per heavy atom. The van der Waals surface area contributed by atoms with E-state index in [1.165, 1.54) is 13.3 Å². The van der Waals surface area contributed by atoms with Gasteiger partial charge in [0.1, 0.15) is 0 Å². The van der Waals surface area contributed by atoms with Crippen molar-refractivity contribution in [3.05, 3.63) is 53.7 Å². The third-order valence-electron chi connectivity index (χ3n) is 3.44. The van der Waals surface area contributed by atoms with E-state index in [9.17, 15) is 9.59 Å². The molecule has 0 saturated carbocycles. The Kier molecular flexibility index (Phi) is 7.01. The molecule has 0 aliphatic rings. The summed E-state index contributed by atoms with van der Waals surface area (Å²) in [6.07, 6.45) is 1.47. The fraction of sp³-hybridized carbons (Fsp3) is 0.316. The van der Waals surface area contributed by atoms with Crippen LogP contribution in [0.5, 0.6) is 0 Å². The summed E-state index contributed by atoms with van der Waals surface area (Å²) < 4.78 is 4.66. The number of rotatable bonds is 7. The van der Waals surface area contributed by atoms with Crippen LogP contribution in [0.4, 0.5) is 0 Å². The van der Waals surface area contributed by atoms with Crippen molar-refractivity contribution in [2.45, 2.75) is 19.1 Å². The first-order valence-corrected chi connectivity index (χ1v) is 9.10. The van der Waals surface area contributed by atoms with Gasteiger partial charge < -0.3 is 10.1 Å². The molecule has 0 fully saturated rings. The normalized spacial score (nSPS) is 10.6. The van der Waals surface area contributed by atoms with Gasteiger partial charge in [-0.2, -0.15) is 11.8 Å². The van der Waals surface area contributed by atoms with Crippen molar-refractivity contribution in [3.63, 3.8) is 0 Å². The number of nitrogens with one attached hydrogen (secondary N) is 1. The van der Waals surface area contributed by atoms with Gasteiger partial charge in [-0.25, -0.2) is 4.79 Å². The predicted octanol–water partition coefficient (Wildman–Crippen LogP) is 3.41. The molecule has 0 aliphatic heterocycles. The third-order valence-corrected chi connectivity index (χ3v) is 4.55. The second-order valence-electron chi connectivity index (χ2n) is 5.68. The largest absolute Gasteiger partial charge is 0.465 e. The average molecular weight is 358 g/mol. The third kappa shape index (κ3) is 5.60. The molecule has 0 spiro atoms. The van der Waals surface area contributed by atoms with Crippen molar-refractivity contribution in [2.75, 3.05) is 19.4 Å². The highest BCUT2D eigenvalue weighted by molar-refractivity contribution is 7.99. The minimum absolute atomic E-state index is 0.0996. The molecule has 5 nitrogen and oxygen atoms in total. The molecule has 0 saturated heterocycles. The molecular formula is C19H22N2O3S. The van der Waals surface area contributed by atoms with Crippen LogP contribution in [-0.4, -0.2) is 41.5 Å². The lowest BCUT2D eigenvalue weighted by atomic mass is 10.1. The van der Waals surface area contributed by atoms with Crippen molar-refractivity contribution in [2.24, 2.45) is 0 Å². The summed E-state index contributed by atoms with van der Waals surface area (Å²) in [6, 6.07) is 10.7. The fourth-order valence-corrected chi connectivity index (χ4v) is 2.88. The molecule has 1 aromatic carbocycles. The number of thioether (sulfide) groups is 1. The zero-order chi connectivity index (χ0) is 18.2. The molecular weight excluding hydrogens is 336 g/mol. The first-order valence-electron chi connectivity index (χ1n) is 8.06. The number of methoxy groups -OCH3 is 1. The van der Waals surface area contributed by atoms with Gasteiger partial charge in [-0.3, -0.25) is 9.78 Å². The van der Waals surface area contributed by atoms with Crippen molar-refractivity contribution in [1.29, 1.82) is 0 Å². The number of amides is 1. The second kappa shape index (κ2) is 9.22. The number of esters is 1. The number of nitrogens with zero attached hydrogens (tertiary/aromatic N) is 1. The summed E-state index contributed by atoms with van der Waals surface area (Å²) in [6.45, 7) is 4.90. The van der Waals surface area contributed by atoms with Crippen LogP contribution in [0.3, 0.4) is 0 Å². The molecule has 2 aromatic rings. The topological polar surface area (TPSA) is 68.3 Å². The first-order chi connectivity index (χ1) is 12.0. The quantitative estimate of drug-likeness (QED) is 0.607. The number of pyridine rings is 1. The summed E-state index contributed by atoms with van der Waals surface area (Å²) in [5, 5.41) is 3.48. The molecule has 0 bridgehead atoms. The number of carbonyl (C=O) groups is 2. The standard InChI is InChI=1S/C19H22N2O3S/c1-13(2)25-10-9-20-18(22)15-6-4-5-14(11-15)17-8-7-16(12-21-17)19(23)24-3/h4-8,11-13H,9-10H2,1-3H3,(H,20,22). The zero-order valence-corrected chi connectivity index (χ0v) is 15.4. The highest BCUT2D eigenvalue weighted by atomic mass is 32.2. The molecule has 1 aromatic heterocycles. The Balaban J connectivity index is 2.05. The molecule has 1 amide bonds. The lowest BCUT2D eigenvalue weighted by molar-refractivity contribution is 0.0600. The number of benzene rings is 1. The van der Waals surface area contributed by atoms with E-state index < -0.39 is 5.97 Å². The Morgan fingerprint density at radius 2 is 2.00 bits per heavy atom. The fourth-order valence-electron chi connectivity index (χ4n) is 2.18. The van der Waals surface area contributed by atoms with E-state index in [1.54, 1.807) is 24.3 Å². The van der Waals surface area contributed by atoms with Crippen LogP contribution >= 0.6 is 11.8 Å². The first kappa shape index (κ1) is 19.0. The zero-order valence-electron chi connectivity index (χ0n) is 14.6. The summed E-state index contributed by atoms with van der Waals surface area (Å²) in [5.41, 5.74) is 2.49. The second-order valence-corrected chi connectivity index (χ2v) is 7.36. The highest BCUT2D eigenvalue weighted by Crippen LogP contribution is 2.19. The van der Waals surface area contributed by atoms with E-state index in [2.05, 4.69) is 28.9 Å². The molecule has 0 radical (unpaired) electrons. The van der Waals surface area contributed by atoms with Gasteiger partial charge in [-0.1, -0.05) is 26.0 Å². The summed E-state index contributed by atoms with van der Waals surface area (Å²) in [7, 11) is 1.33. The van der Waals surface area contributed by atoms with Gasteiger partial charge in [-0.05, 0) is 29.5 Å². The van der Waals surface area contributed by atoms with Gasteiger partial charge in [0, 0.05) is 29.6 Å². The Bertz CT molecular complexity index is 730. The van der Waals surface area contributed by atoms with Crippen molar-refractivity contribution < 1.29 is 14.3 Å². The van der Waals surface area contributed by atoms with Gasteiger partial charge in [-0.15, -0.1) is 0 Å². The maximum absolute atomic E-state index is 12.3. The Labute approximate surface area is 152 Å². The summed E-state index contributed by atoms with van der Waals surface area (Å²) in [4.78, 5) is 28.0. The average Bonchev–Trinajstić information content (AvgIpc) is 2.64. The monoisotopic (exact) mass is 358 g/mol. The Hall–Kier alpha value is -2.34. The minimum Gasteiger partial charge on any atom is -0.465 e. The molecule has 0 atom stereocenters. The highest BCUT2D eigenvalue weighted by Gasteiger charge is 2.09. The smallest absolute Gasteiger partial charge is 0.339 e. The summed E-state index contributed by atoms with van der Waals surface area (Å²) >= 11 is 1.81. The van der Waals surface area contributed by atoms with E-state index >= 15 is 0 Å². The molecule has 1 heterocycles. The van der Waals surface area contributed by atoms with Crippen LogP contribution in [0, 0.1) is 0 Å². The molecule has 132 valence electrons. The van der Waals surface area contributed by atoms with E-state index in [0.29, 0.717) is 28.6 Å². The van der Waals surface area contributed by atoms with Crippen LogP contribution in [0.1, 0.15) is 34.6 Å². The van der Waals surface area contributed by atoms with E-state index in [1.807, 2.05) is 23.9 Å². The lowest BCUT2D eigenvalue weighted by Gasteiger charge is -2.08. The molecule has 0 unspecified atom stereocenters. The van der Waals surface area contributed by atoms with Gasteiger partial charge >= 0.3 is 5.97 Å². The van der Waals surface area contributed by atoms with Crippen molar-refractivity contribution >= 4 is 23.6 Å². The number of carbonyl (C=O) groups excluding carboxylic acids is 2. The molecule has 1 N–H and O–H groups in total. The minimum atomic E-state index is -0.425. The molecule has 6 heteroatoms. The van der Waals surface area contributed by atoms with E-state index in [4.69, 9.17) is 0 Å². The van der Waals surface area contributed by atoms with Gasteiger partial charge in [0.2, 0.25) is 0 Å². The van der Waals surface area contributed by atoms with Crippen LogP contribution in [0.25, 0.3) is 11.3 Å². The Morgan fingerprint density at radius 3 is 2.64 bits per heavy atom. The number of hydrogen-bond acceptors (Lipinski definition) is 5. The van der Waals surface area contributed by atoms with Gasteiger partial charge in [0.05, 0.1) is 18.4 Å². The van der Waals surface area contributed by atoms with Crippen LogP contribution in [0.15, 0.2) is 42.6 Å². The molecule has 0 aliphatic carbocycles. The molecule has 2 rings (SSSR count). The van der Waals surface area contributed by atoms with E-state index in [0.717, 1.165) is 11.3 Å². The van der Waals surface area contributed by atoms with Gasteiger partial charge in [0.15, 0.2) is 0 Å². The number of ether oxygens (including phenoxy) is 1. The van der Waals surface area contributed by atoms with Crippen LogP contribution < -0.4 is 5.32 Å². The lowest BCUT2D eigenvalue weighted by Crippen LogP contribution is -2.26. The molecule has 25 heavy (non-hydrogen) atoms. The maximum Gasteiger partial charge on any atom is 0.339 e. The van der Waals surface area contributed by atoms with Crippen molar-refractivity contribution in [1.82, 2.24) is 10.3 Å². The van der Waals surface area contributed by atoms with Gasteiger partial charge in [0.25, 0.3) is 5.91 Å². The number of hydrogen-bond donors (Lipinski definition) is 1.